The summed E-state index contributed by atoms with van der Waals surface area (Å²) in [5, 5.41) is 18.8. The summed E-state index contributed by atoms with van der Waals surface area (Å²) in [4.78, 5) is 40.0. The van der Waals surface area contributed by atoms with Crippen molar-refractivity contribution in [1.29, 1.82) is 0 Å². The minimum absolute atomic E-state index is 0.0335. The van der Waals surface area contributed by atoms with Crippen LogP contribution in [0.5, 0.6) is 0 Å². The van der Waals surface area contributed by atoms with Gasteiger partial charge in [0.05, 0.1) is 9.82 Å². The van der Waals surface area contributed by atoms with Crippen LogP contribution in [0.15, 0.2) is 32.8 Å². The molecule has 0 saturated heterocycles. The largest absolute Gasteiger partial charge is 0.354 e. The number of thiazole rings is 1. The van der Waals surface area contributed by atoms with E-state index >= 15 is 0 Å². The van der Waals surface area contributed by atoms with Crippen molar-refractivity contribution < 1.29 is 14.5 Å². The lowest BCUT2D eigenvalue weighted by Gasteiger charge is -2.11. The average molecular weight is 435 g/mol. The van der Waals surface area contributed by atoms with Crippen molar-refractivity contribution in [3.63, 3.8) is 0 Å². The average Bonchev–Trinajstić information content (AvgIpc) is 3.37. The quantitative estimate of drug-likeness (QED) is 0.373. The predicted octanol–water partition coefficient (Wildman–Crippen LogP) is 3.55. The van der Waals surface area contributed by atoms with E-state index in [0.717, 1.165) is 31.4 Å². The zero-order chi connectivity index (χ0) is 20.8. The van der Waals surface area contributed by atoms with Crippen molar-refractivity contribution >= 4 is 40.6 Å². The molecular formula is C19H22N4O4S2. The fourth-order valence-electron chi connectivity index (χ4n) is 3.16. The molecule has 0 aliphatic heterocycles. The van der Waals surface area contributed by atoms with Gasteiger partial charge in [0.2, 0.25) is 5.91 Å². The topological polar surface area (TPSA) is 114 Å². The van der Waals surface area contributed by atoms with Gasteiger partial charge in [0.25, 0.3) is 11.6 Å². The predicted molar refractivity (Wildman–Crippen MR) is 111 cm³/mol. The Labute approximate surface area is 176 Å². The van der Waals surface area contributed by atoms with Crippen LogP contribution < -0.4 is 10.6 Å². The number of hydrogen-bond donors (Lipinski definition) is 2. The van der Waals surface area contributed by atoms with Gasteiger partial charge in [-0.3, -0.25) is 19.7 Å². The second-order valence-electron chi connectivity index (χ2n) is 6.82. The van der Waals surface area contributed by atoms with Crippen LogP contribution in [0.2, 0.25) is 0 Å². The summed E-state index contributed by atoms with van der Waals surface area (Å²) in [5.41, 5.74) is 0.930. The molecule has 1 aromatic heterocycles. The van der Waals surface area contributed by atoms with E-state index in [2.05, 4.69) is 15.6 Å². The maximum absolute atomic E-state index is 12.3. The molecule has 2 aromatic rings. The van der Waals surface area contributed by atoms with Crippen molar-refractivity contribution in [2.45, 2.75) is 41.8 Å². The van der Waals surface area contributed by atoms with E-state index in [4.69, 9.17) is 0 Å². The molecule has 1 heterocycles. The van der Waals surface area contributed by atoms with E-state index in [0.29, 0.717) is 15.8 Å². The van der Waals surface area contributed by atoms with Crippen molar-refractivity contribution in [3.05, 3.63) is 45.0 Å². The first kappa shape index (κ1) is 21.3. The van der Waals surface area contributed by atoms with Crippen molar-refractivity contribution in [3.8, 4) is 0 Å². The maximum Gasteiger partial charge on any atom is 0.284 e. The van der Waals surface area contributed by atoms with Gasteiger partial charge in [-0.2, -0.15) is 0 Å². The van der Waals surface area contributed by atoms with Crippen LogP contribution in [0.1, 0.15) is 41.7 Å². The summed E-state index contributed by atoms with van der Waals surface area (Å²) in [6.07, 6.45) is 4.02. The van der Waals surface area contributed by atoms with Crippen LogP contribution in [0, 0.1) is 23.0 Å². The molecule has 2 amide bonds. The van der Waals surface area contributed by atoms with Crippen LogP contribution >= 0.6 is 23.1 Å². The molecule has 0 unspecified atom stereocenters. The summed E-state index contributed by atoms with van der Waals surface area (Å²) in [6.45, 7) is 2.46. The van der Waals surface area contributed by atoms with Crippen molar-refractivity contribution in [1.82, 2.24) is 15.6 Å². The highest BCUT2D eigenvalue weighted by Crippen LogP contribution is 2.36. The number of nitro groups is 1. The zero-order valence-electron chi connectivity index (χ0n) is 16.0. The maximum atomic E-state index is 12.3. The van der Waals surface area contributed by atoms with Gasteiger partial charge in [-0.25, -0.2) is 4.98 Å². The highest BCUT2D eigenvalue weighted by molar-refractivity contribution is 8.01. The number of nitrogens with zero attached hydrogens (tertiary/aromatic N) is 2. The van der Waals surface area contributed by atoms with Crippen molar-refractivity contribution in [2.75, 3.05) is 13.1 Å². The number of aromatic nitrogens is 1. The monoisotopic (exact) mass is 434 g/mol. The Morgan fingerprint density at radius 1 is 1.28 bits per heavy atom. The van der Waals surface area contributed by atoms with Crippen LogP contribution in [0.3, 0.4) is 0 Å². The molecular weight excluding hydrogens is 412 g/mol. The lowest BCUT2D eigenvalue weighted by atomic mass is 10.1. The summed E-state index contributed by atoms with van der Waals surface area (Å²) < 4.78 is 0.709. The molecule has 1 fully saturated rings. The molecule has 0 bridgehead atoms. The van der Waals surface area contributed by atoms with Gasteiger partial charge in [-0.05, 0) is 31.9 Å². The molecule has 29 heavy (non-hydrogen) atoms. The summed E-state index contributed by atoms with van der Waals surface area (Å²) >= 11 is 2.62. The number of nitrogens with one attached hydrogen (secondary N) is 2. The number of amides is 2. The first-order valence-corrected chi connectivity index (χ1v) is 11.1. The molecule has 0 spiro atoms. The molecule has 10 heteroatoms. The molecule has 154 valence electrons. The van der Waals surface area contributed by atoms with Crippen LogP contribution in [0.4, 0.5) is 5.69 Å². The number of hydrogen-bond acceptors (Lipinski definition) is 7. The molecule has 2 N–H and O–H groups in total. The summed E-state index contributed by atoms with van der Waals surface area (Å²) in [7, 11) is 0. The minimum atomic E-state index is -0.499. The highest BCUT2D eigenvalue weighted by atomic mass is 32.2. The third kappa shape index (κ3) is 5.77. The highest BCUT2D eigenvalue weighted by Gasteiger charge is 2.22. The molecule has 8 nitrogen and oxygen atoms in total. The lowest BCUT2D eigenvalue weighted by molar-refractivity contribution is -0.387. The van der Waals surface area contributed by atoms with Gasteiger partial charge in [-0.1, -0.05) is 24.6 Å². The second-order valence-corrected chi connectivity index (χ2v) is 8.97. The molecule has 3 rings (SSSR count). The number of carbonyl (C=O) groups excluding carboxylic acids is 2. The Morgan fingerprint density at radius 3 is 2.66 bits per heavy atom. The second kappa shape index (κ2) is 9.84. The number of carbonyl (C=O) groups is 2. The van der Waals surface area contributed by atoms with Gasteiger partial charge >= 0.3 is 0 Å². The van der Waals surface area contributed by atoms with Crippen LogP contribution in [-0.4, -0.2) is 34.8 Å². The van der Waals surface area contributed by atoms with Crippen molar-refractivity contribution in [2.24, 2.45) is 5.92 Å². The van der Waals surface area contributed by atoms with Gasteiger partial charge in [0.1, 0.15) is 0 Å². The Hall–Kier alpha value is -2.46. The van der Waals surface area contributed by atoms with Gasteiger partial charge < -0.3 is 10.6 Å². The zero-order valence-corrected chi connectivity index (χ0v) is 17.6. The Balaban J connectivity index is 1.56. The number of aryl methyl sites for hydroxylation is 1. The van der Waals surface area contributed by atoms with Gasteiger partial charge in [0.15, 0.2) is 4.34 Å². The minimum Gasteiger partial charge on any atom is -0.354 e. The van der Waals surface area contributed by atoms with Gasteiger partial charge in [0, 0.05) is 41.7 Å². The number of nitro benzene ring substituents is 1. The normalized spacial score (nSPS) is 14.0. The molecule has 1 aliphatic rings. The molecule has 0 atom stereocenters. The summed E-state index contributed by atoms with van der Waals surface area (Å²) in [5.74, 6) is -0.295. The van der Waals surface area contributed by atoms with E-state index in [1.54, 1.807) is 12.1 Å². The van der Waals surface area contributed by atoms with E-state index in [-0.39, 0.29) is 29.6 Å². The third-order valence-electron chi connectivity index (χ3n) is 4.65. The molecule has 0 radical (unpaired) electrons. The van der Waals surface area contributed by atoms with E-state index in [1.165, 1.54) is 29.2 Å². The SMILES string of the molecule is Cc1csc(Sc2ccc(C(=O)NCCNC(=O)C3CCCC3)cc2[N+](=O)[O-])n1. The standard InChI is InChI=1S/C19H22N4O4S2/c1-12-11-28-19(22-12)29-16-7-6-14(10-15(16)23(26)27)18(25)21-9-8-20-17(24)13-4-2-3-5-13/h6-7,10-11,13H,2-5,8-9H2,1H3,(H,20,24)(H,21,25). The van der Waals surface area contributed by atoms with Crippen LogP contribution in [-0.2, 0) is 4.79 Å². The van der Waals surface area contributed by atoms with Gasteiger partial charge in [-0.15, -0.1) is 11.3 Å². The smallest absolute Gasteiger partial charge is 0.284 e. The fourth-order valence-corrected chi connectivity index (χ4v) is 5.04. The van der Waals surface area contributed by atoms with E-state index in [1.807, 2.05) is 12.3 Å². The van der Waals surface area contributed by atoms with E-state index < -0.39 is 10.8 Å². The molecule has 1 saturated carbocycles. The number of benzene rings is 1. The first-order valence-electron chi connectivity index (χ1n) is 9.38. The van der Waals surface area contributed by atoms with Crippen LogP contribution in [0.25, 0.3) is 0 Å². The molecule has 1 aliphatic carbocycles. The fraction of sp³-hybridized carbons (Fsp3) is 0.421. The first-order chi connectivity index (χ1) is 13.9. The lowest BCUT2D eigenvalue weighted by Crippen LogP contribution is -2.37. The Kier molecular flexibility index (Phi) is 7.21. The summed E-state index contributed by atoms with van der Waals surface area (Å²) in [6, 6.07) is 4.40. The third-order valence-corrected chi connectivity index (χ3v) is 6.77. The number of rotatable bonds is 8. The van der Waals surface area contributed by atoms with E-state index in [9.17, 15) is 19.7 Å². The molecule has 1 aromatic carbocycles. The Bertz CT molecular complexity index is 909. The Morgan fingerprint density at radius 2 is 2.00 bits per heavy atom.